The number of hydrogen-bond acceptors (Lipinski definition) is 5. The Morgan fingerprint density at radius 1 is 0.524 bits per heavy atom. The average molecular weight is 562 g/mol. The molecule has 0 amide bonds. The molecule has 0 bridgehead atoms. The van der Waals surface area contributed by atoms with Crippen molar-refractivity contribution < 1.29 is 18.9 Å². The maximum absolute atomic E-state index is 9.51. The highest BCUT2D eigenvalue weighted by atomic mass is 16.6. The molecular weight excluding hydrogens is 526 g/mol. The van der Waals surface area contributed by atoms with E-state index in [2.05, 4.69) is 10.0 Å². The topological polar surface area (TPSA) is 85.7 Å². The zero-order valence-electron chi connectivity index (χ0n) is 23.4. The van der Waals surface area contributed by atoms with Crippen molar-refractivity contribution in [3.05, 3.63) is 166 Å². The molecule has 0 radical (unpaired) electrons. The van der Waals surface area contributed by atoms with Gasteiger partial charge in [-0.2, -0.15) is 0 Å². The minimum absolute atomic E-state index is 0.294. The fourth-order valence-corrected chi connectivity index (χ4v) is 5.01. The van der Waals surface area contributed by atoms with E-state index in [1.54, 1.807) is 0 Å². The number of ether oxygens (including phenoxy) is 4. The van der Waals surface area contributed by atoms with Crippen molar-refractivity contribution in [1.82, 2.24) is 0 Å². The Morgan fingerprint density at radius 3 is 1.43 bits per heavy atom. The average Bonchev–Trinajstić information content (AvgIpc) is 3.05. The second kappa shape index (κ2) is 15.7. The standard InChI is InChI=1S/C35H35N3O4/c36-38-37-32-21-31(26-39-22-27-13-5-1-6-14-27)33(40-23-28-15-7-2-8-16-28)35(42-25-30-19-11-4-12-20-30)34(32)41-24-29-17-9-3-10-18-29/h1-21,32-35H,22-26H2/t32-,33-,34+,35+/m1/s1. The highest BCUT2D eigenvalue weighted by Crippen LogP contribution is 2.32. The van der Waals surface area contributed by atoms with Crippen LogP contribution in [0.3, 0.4) is 0 Å². The van der Waals surface area contributed by atoms with Crippen LogP contribution in [0.5, 0.6) is 0 Å². The minimum atomic E-state index is -0.605. The van der Waals surface area contributed by atoms with E-state index in [0.717, 1.165) is 27.8 Å². The lowest BCUT2D eigenvalue weighted by Gasteiger charge is -2.40. The van der Waals surface area contributed by atoms with Crippen LogP contribution in [0, 0.1) is 0 Å². The summed E-state index contributed by atoms with van der Waals surface area (Å²) in [5.41, 5.74) is 14.5. The molecule has 0 N–H and O–H groups in total. The lowest BCUT2D eigenvalue weighted by atomic mass is 9.87. The summed E-state index contributed by atoms with van der Waals surface area (Å²) in [4.78, 5) is 3.16. The lowest BCUT2D eigenvalue weighted by molar-refractivity contribution is -0.151. The van der Waals surface area contributed by atoms with Crippen molar-refractivity contribution in [3.63, 3.8) is 0 Å². The quantitative estimate of drug-likeness (QED) is 0.0687. The van der Waals surface area contributed by atoms with Gasteiger partial charge in [0.1, 0.15) is 12.2 Å². The Bertz CT molecular complexity index is 1430. The van der Waals surface area contributed by atoms with Gasteiger partial charge in [-0.05, 0) is 33.4 Å². The Hall–Kier alpha value is -4.23. The lowest BCUT2D eigenvalue weighted by Crippen LogP contribution is -2.52. The fraction of sp³-hybridized carbons (Fsp3) is 0.257. The summed E-state index contributed by atoms with van der Waals surface area (Å²) in [6.45, 7) is 1.81. The van der Waals surface area contributed by atoms with Crippen molar-refractivity contribution in [2.75, 3.05) is 6.61 Å². The van der Waals surface area contributed by atoms with Crippen LogP contribution in [0.25, 0.3) is 10.4 Å². The van der Waals surface area contributed by atoms with Gasteiger partial charge in [0.25, 0.3) is 0 Å². The van der Waals surface area contributed by atoms with Crippen molar-refractivity contribution >= 4 is 0 Å². The van der Waals surface area contributed by atoms with E-state index in [9.17, 15) is 5.53 Å². The summed E-state index contributed by atoms with van der Waals surface area (Å²) in [6, 6.07) is 39.4. The van der Waals surface area contributed by atoms with Gasteiger partial charge in [0.15, 0.2) is 0 Å². The van der Waals surface area contributed by atoms with E-state index in [0.29, 0.717) is 33.0 Å². The van der Waals surface area contributed by atoms with Crippen molar-refractivity contribution in [1.29, 1.82) is 0 Å². The first-order valence-electron chi connectivity index (χ1n) is 14.1. The molecule has 0 fully saturated rings. The van der Waals surface area contributed by atoms with E-state index in [1.165, 1.54) is 0 Å². The van der Waals surface area contributed by atoms with Gasteiger partial charge in [-0.15, -0.1) is 0 Å². The molecule has 4 atom stereocenters. The summed E-state index contributed by atoms with van der Waals surface area (Å²) in [7, 11) is 0. The zero-order valence-corrected chi connectivity index (χ0v) is 23.4. The minimum Gasteiger partial charge on any atom is -0.372 e. The molecule has 0 aliphatic heterocycles. The first-order valence-corrected chi connectivity index (χ1v) is 14.1. The molecular formula is C35H35N3O4. The molecule has 42 heavy (non-hydrogen) atoms. The van der Waals surface area contributed by atoms with E-state index in [1.807, 2.05) is 127 Å². The molecule has 5 rings (SSSR count). The maximum atomic E-state index is 9.51. The van der Waals surface area contributed by atoms with Crippen LogP contribution in [0.1, 0.15) is 22.3 Å². The third-order valence-electron chi connectivity index (χ3n) is 7.12. The van der Waals surface area contributed by atoms with Gasteiger partial charge < -0.3 is 18.9 Å². The Labute approximate surface area is 247 Å². The third kappa shape index (κ3) is 8.40. The second-order valence-electron chi connectivity index (χ2n) is 10.2. The molecule has 7 heteroatoms. The van der Waals surface area contributed by atoms with Crippen LogP contribution >= 0.6 is 0 Å². The predicted octanol–water partition coefficient (Wildman–Crippen LogP) is 7.58. The van der Waals surface area contributed by atoms with Crippen LogP contribution < -0.4 is 0 Å². The van der Waals surface area contributed by atoms with Gasteiger partial charge in [-0.1, -0.05) is 133 Å². The monoisotopic (exact) mass is 561 g/mol. The van der Waals surface area contributed by atoms with E-state index >= 15 is 0 Å². The summed E-state index contributed by atoms with van der Waals surface area (Å²) >= 11 is 0. The van der Waals surface area contributed by atoms with Crippen molar-refractivity contribution in [3.8, 4) is 0 Å². The normalized spacial score (nSPS) is 20.0. The highest BCUT2D eigenvalue weighted by molar-refractivity contribution is 5.25. The molecule has 0 aromatic heterocycles. The molecule has 4 aromatic carbocycles. The number of hydrogen-bond donors (Lipinski definition) is 0. The van der Waals surface area contributed by atoms with Gasteiger partial charge >= 0.3 is 0 Å². The third-order valence-corrected chi connectivity index (χ3v) is 7.12. The first-order chi connectivity index (χ1) is 20.8. The first kappa shape index (κ1) is 29.3. The molecule has 4 aromatic rings. The highest BCUT2D eigenvalue weighted by Gasteiger charge is 2.42. The number of benzene rings is 4. The van der Waals surface area contributed by atoms with Crippen LogP contribution in [0.2, 0.25) is 0 Å². The summed E-state index contributed by atoms with van der Waals surface area (Å²) in [5.74, 6) is 0. The van der Waals surface area contributed by atoms with E-state index < -0.39 is 24.4 Å². The molecule has 0 spiro atoms. The Kier molecular flexibility index (Phi) is 10.9. The number of rotatable bonds is 14. The molecule has 0 saturated heterocycles. The van der Waals surface area contributed by atoms with Gasteiger partial charge in [-0.3, -0.25) is 0 Å². The van der Waals surface area contributed by atoms with Gasteiger partial charge in [-0.25, -0.2) is 0 Å². The summed E-state index contributed by atoms with van der Waals surface area (Å²) in [6.07, 6.45) is 0.297. The van der Waals surface area contributed by atoms with Gasteiger partial charge in [0.05, 0.1) is 45.2 Å². The maximum Gasteiger partial charge on any atom is 0.115 e. The van der Waals surface area contributed by atoms with E-state index in [-0.39, 0.29) is 0 Å². The Morgan fingerprint density at radius 2 is 0.952 bits per heavy atom. The number of azide groups is 1. The van der Waals surface area contributed by atoms with E-state index in [4.69, 9.17) is 18.9 Å². The SMILES string of the molecule is [N-]=[N+]=N[C@@H]1C=C(COCc2ccccc2)[C@@H](OCc2ccccc2)[C@H](OCc2ccccc2)[C@H]1OCc1ccccc1. The van der Waals surface area contributed by atoms with Gasteiger partial charge in [0.2, 0.25) is 0 Å². The summed E-state index contributed by atoms with van der Waals surface area (Å²) < 4.78 is 25.9. The Balaban J connectivity index is 1.44. The van der Waals surface area contributed by atoms with Crippen molar-refractivity contribution in [2.45, 2.75) is 50.8 Å². The van der Waals surface area contributed by atoms with Crippen LogP contribution in [-0.2, 0) is 45.4 Å². The van der Waals surface area contributed by atoms with Crippen LogP contribution in [0.4, 0.5) is 0 Å². The van der Waals surface area contributed by atoms with Gasteiger partial charge in [0, 0.05) is 4.91 Å². The number of nitrogens with zero attached hydrogens (tertiary/aromatic N) is 3. The molecule has 1 aliphatic carbocycles. The molecule has 0 saturated carbocycles. The molecule has 214 valence electrons. The fourth-order valence-electron chi connectivity index (χ4n) is 5.01. The molecule has 7 nitrogen and oxygen atoms in total. The van der Waals surface area contributed by atoms with Crippen LogP contribution in [0.15, 0.2) is 138 Å². The largest absolute Gasteiger partial charge is 0.372 e. The predicted molar refractivity (Wildman–Crippen MR) is 162 cm³/mol. The molecule has 0 heterocycles. The zero-order chi connectivity index (χ0) is 28.8. The molecule has 1 aliphatic rings. The van der Waals surface area contributed by atoms with Crippen LogP contribution in [-0.4, -0.2) is 31.0 Å². The smallest absolute Gasteiger partial charge is 0.115 e. The van der Waals surface area contributed by atoms with Crippen molar-refractivity contribution in [2.24, 2.45) is 5.11 Å². The summed E-state index contributed by atoms with van der Waals surface area (Å²) in [5, 5.41) is 4.14. The second-order valence-corrected chi connectivity index (χ2v) is 10.2. The molecule has 0 unspecified atom stereocenters.